The molecule has 110 valence electrons. The van der Waals surface area contributed by atoms with Crippen molar-refractivity contribution >= 4 is 25.6 Å². The molecule has 2 rings (SSSR count). The van der Waals surface area contributed by atoms with Crippen LogP contribution >= 0.6 is 10.7 Å². The number of methoxy groups -OCH3 is 1. The van der Waals surface area contributed by atoms with Crippen LogP contribution in [0.5, 0.6) is 5.75 Å². The Hall–Kier alpha value is -1.27. The lowest BCUT2D eigenvalue weighted by Gasteiger charge is -2.17. The van der Waals surface area contributed by atoms with Crippen LogP contribution in [0.4, 0.5) is 0 Å². The fraction of sp³-hybridized carbons (Fsp3) is 0.462. The number of hydrogen-bond acceptors (Lipinski definition) is 4. The van der Waals surface area contributed by atoms with Gasteiger partial charge in [-0.15, -0.1) is 0 Å². The molecule has 0 aromatic heterocycles. The highest BCUT2D eigenvalue weighted by atomic mass is 35.7. The van der Waals surface area contributed by atoms with Crippen LogP contribution in [0.1, 0.15) is 12.0 Å². The Bertz CT molecular complexity index is 602. The fourth-order valence-corrected chi connectivity index (χ4v) is 3.36. The zero-order valence-electron chi connectivity index (χ0n) is 11.1. The second-order valence-electron chi connectivity index (χ2n) is 4.70. The van der Waals surface area contributed by atoms with Gasteiger partial charge in [-0.25, -0.2) is 8.42 Å². The van der Waals surface area contributed by atoms with Gasteiger partial charge >= 0.3 is 0 Å². The van der Waals surface area contributed by atoms with Crippen LogP contribution in [-0.4, -0.2) is 44.7 Å². The predicted octanol–water partition coefficient (Wildman–Crippen LogP) is 1.41. The molecular formula is C13H16ClNO4S. The molecule has 1 amide bonds. The molecule has 1 aromatic carbocycles. The average molecular weight is 318 g/mol. The number of benzene rings is 1. The number of nitrogens with zero attached hydrogens (tertiary/aromatic N) is 1. The SMILES string of the molecule is COc1ccccc1CCN1CC(S(=O)(=O)Cl)CC1=O. The summed E-state index contributed by atoms with van der Waals surface area (Å²) in [5.74, 6) is 0.592. The Labute approximate surface area is 122 Å². The number of para-hydroxylation sites is 1. The first-order valence-electron chi connectivity index (χ1n) is 6.25. The third kappa shape index (κ3) is 3.43. The highest BCUT2D eigenvalue weighted by molar-refractivity contribution is 8.14. The first-order chi connectivity index (χ1) is 9.41. The molecule has 1 aliphatic rings. The van der Waals surface area contributed by atoms with Crippen molar-refractivity contribution in [1.82, 2.24) is 4.90 Å². The summed E-state index contributed by atoms with van der Waals surface area (Å²) < 4.78 is 27.8. The first-order valence-corrected chi connectivity index (χ1v) is 8.62. The monoisotopic (exact) mass is 317 g/mol. The van der Waals surface area contributed by atoms with Gasteiger partial charge in [-0.05, 0) is 18.1 Å². The van der Waals surface area contributed by atoms with Crippen molar-refractivity contribution in [1.29, 1.82) is 0 Å². The molecular weight excluding hydrogens is 302 g/mol. The average Bonchev–Trinajstić information content (AvgIpc) is 2.78. The van der Waals surface area contributed by atoms with Gasteiger partial charge in [-0.2, -0.15) is 0 Å². The molecule has 1 aliphatic heterocycles. The smallest absolute Gasteiger partial charge is 0.237 e. The summed E-state index contributed by atoms with van der Waals surface area (Å²) in [6.07, 6.45) is 0.586. The molecule has 0 bridgehead atoms. The maximum Gasteiger partial charge on any atom is 0.237 e. The third-order valence-electron chi connectivity index (χ3n) is 3.42. The van der Waals surface area contributed by atoms with Crippen molar-refractivity contribution in [3.63, 3.8) is 0 Å². The normalized spacial score (nSPS) is 19.4. The largest absolute Gasteiger partial charge is 0.496 e. The van der Waals surface area contributed by atoms with Gasteiger partial charge in [-0.3, -0.25) is 4.79 Å². The number of hydrogen-bond donors (Lipinski definition) is 0. The van der Waals surface area contributed by atoms with Crippen LogP contribution in [0.15, 0.2) is 24.3 Å². The van der Waals surface area contributed by atoms with Crippen molar-refractivity contribution in [3.8, 4) is 5.75 Å². The molecule has 0 aliphatic carbocycles. The third-order valence-corrected chi connectivity index (χ3v) is 5.29. The van der Waals surface area contributed by atoms with Crippen molar-refractivity contribution in [2.75, 3.05) is 20.2 Å². The highest BCUT2D eigenvalue weighted by Crippen LogP contribution is 2.23. The number of carbonyl (C=O) groups excluding carboxylic acids is 1. The summed E-state index contributed by atoms with van der Waals surface area (Å²) in [6, 6.07) is 7.55. The van der Waals surface area contributed by atoms with E-state index in [0.717, 1.165) is 11.3 Å². The Morgan fingerprint density at radius 1 is 1.40 bits per heavy atom. The Kier molecular flexibility index (Phi) is 4.55. The van der Waals surface area contributed by atoms with E-state index >= 15 is 0 Å². The summed E-state index contributed by atoms with van der Waals surface area (Å²) in [5, 5.41) is -0.797. The first kappa shape index (κ1) is 15.1. The van der Waals surface area contributed by atoms with Gasteiger partial charge in [0.25, 0.3) is 0 Å². The van der Waals surface area contributed by atoms with Crippen molar-refractivity contribution < 1.29 is 17.9 Å². The summed E-state index contributed by atoms with van der Waals surface area (Å²) in [7, 11) is 3.22. The van der Waals surface area contributed by atoms with E-state index in [1.165, 1.54) is 4.90 Å². The van der Waals surface area contributed by atoms with E-state index in [9.17, 15) is 13.2 Å². The molecule has 0 saturated carbocycles. The van der Waals surface area contributed by atoms with Crippen LogP contribution < -0.4 is 4.74 Å². The zero-order valence-corrected chi connectivity index (χ0v) is 12.7. The lowest BCUT2D eigenvalue weighted by molar-refractivity contribution is -0.127. The maximum absolute atomic E-state index is 11.8. The molecule has 0 spiro atoms. The molecule has 7 heteroatoms. The van der Waals surface area contributed by atoms with E-state index in [1.54, 1.807) is 7.11 Å². The maximum atomic E-state index is 11.8. The Balaban J connectivity index is 2.00. The molecule has 1 aromatic rings. The number of ether oxygens (including phenoxy) is 1. The summed E-state index contributed by atoms with van der Waals surface area (Å²) in [6.45, 7) is 0.627. The molecule has 0 radical (unpaired) electrons. The number of amides is 1. The van der Waals surface area contributed by atoms with Gasteiger partial charge in [0.1, 0.15) is 11.0 Å². The van der Waals surface area contributed by atoms with Gasteiger partial charge in [0.2, 0.25) is 15.0 Å². The van der Waals surface area contributed by atoms with Crippen molar-refractivity contribution in [2.24, 2.45) is 0 Å². The van der Waals surface area contributed by atoms with Crippen molar-refractivity contribution in [3.05, 3.63) is 29.8 Å². The highest BCUT2D eigenvalue weighted by Gasteiger charge is 2.36. The Morgan fingerprint density at radius 2 is 2.10 bits per heavy atom. The molecule has 1 heterocycles. The summed E-state index contributed by atoms with van der Waals surface area (Å²) in [5.41, 5.74) is 0.986. The van der Waals surface area contributed by atoms with E-state index in [0.29, 0.717) is 13.0 Å². The van der Waals surface area contributed by atoms with Crippen LogP contribution in [0.25, 0.3) is 0 Å². The Morgan fingerprint density at radius 3 is 2.70 bits per heavy atom. The lowest BCUT2D eigenvalue weighted by Crippen LogP contribution is -2.29. The lowest BCUT2D eigenvalue weighted by atomic mass is 10.1. The second-order valence-corrected chi connectivity index (χ2v) is 7.61. The minimum atomic E-state index is -3.68. The molecule has 1 unspecified atom stereocenters. The summed E-state index contributed by atoms with van der Waals surface area (Å²) >= 11 is 0. The molecule has 0 N–H and O–H groups in total. The molecule has 20 heavy (non-hydrogen) atoms. The van der Waals surface area contributed by atoms with Crippen LogP contribution in [0.3, 0.4) is 0 Å². The van der Waals surface area contributed by atoms with Gasteiger partial charge in [0.15, 0.2) is 0 Å². The summed E-state index contributed by atoms with van der Waals surface area (Å²) in [4.78, 5) is 13.3. The standard InChI is InChI=1S/C13H16ClNO4S/c1-19-12-5-3-2-4-10(12)6-7-15-9-11(8-13(15)16)20(14,17)18/h2-5,11H,6-9H2,1H3. The number of carbonyl (C=O) groups is 1. The second kappa shape index (κ2) is 6.01. The molecule has 5 nitrogen and oxygen atoms in total. The molecule has 1 saturated heterocycles. The number of halogens is 1. The van der Waals surface area contributed by atoms with E-state index < -0.39 is 14.3 Å². The van der Waals surface area contributed by atoms with Crippen molar-refractivity contribution in [2.45, 2.75) is 18.1 Å². The molecule has 1 fully saturated rings. The van der Waals surface area contributed by atoms with E-state index in [-0.39, 0.29) is 18.9 Å². The van der Waals surface area contributed by atoms with Gasteiger partial charge in [0.05, 0.1) is 7.11 Å². The fourth-order valence-electron chi connectivity index (χ4n) is 2.31. The quantitative estimate of drug-likeness (QED) is 0.770. The molecule has 1 atom stereocenters. The predicted molar refractivity (Wildman–Crippen MR) is 76.5 cm³/mol. The van der Waals surface area contributed by atoms with Crippen LogP contribution in [0.2, 0.25) is 0 Å². The minimum Gasteiger partial charge on any atom is -0.496 e. The van der Waals surface area contributed by atoms with Gasteiger partial charge in [-0.1, -0.05) is 18.2 Å². The van der Waals surface area contributed by atoms with Gasteiger partial charge in [0, 0.05) is 30.2 Å². The van der Waals surface area contributed by atoms with E-state index in [1.807, 2.05) is 24.3 Å². The van der Waals surface area contributed by atoms with Crippen LogP contribution in [-0.2, 0) is 20.3 Å². The van der Waals surface area contributed by atoms with E-state index in [2.05, 4.69) is 0 Å². The van der Waals surface area contributed by atoms with Crippen LogP contribution in [0, 0.1) is 0 Å². The number of likely N-dealkylation sites (tertiary alicyclic amines) is 1. The topological polar surface area (TPSA) is 63.7 Å². The minimum absolute atomic E-state index is 0.0300. The van der Waals surface area contributed by atoms with Gasteiger partial charge < -0.3 is 9.64 Å². The van der Waals surface area contributed by atoms with E-state index in [4.69, 9.17) is 15.4 Å². The number of rotatable bonds is 5. The zero-order chi connectivity index (χ0) is 14.8.